The van der Waals surface area contributed by atoms with Crippen molar-refractivity contribution >= 4 is 29.1 Å². The molecule has 3 aliphatic heterocycles. The van der Waals surface area contributed by atoms with Crippen molar-refractivity contribution in [2.24, 2.45) is 23.2 Å². The van der Waals surface area contributed by atoms with Crippen molar-refractivity contribution < 1.29 is 32.1 Å². The Morgan fingerprint density at radius 3 is 2.59 bits per heavy atom. The summed E-state index contributed by atoms with van der Waals surface area (Å²) in [4.78, 5) is 28.8. The Balaban J connectivity index is 1.16. The van der Waals surface area contributed by atoms with E-state index in [1.807, 2.05) is 35.2 Å². The van der Waals surface area contributed by atoms with Crippen molar-refractivity contribution in [3.63, 3.8) is 0 Å². The number of piperidine rings is 1. The Labute approximate surface area is 243 Å². The van der Waals surface area contributed by atoms with Crippen LogP contribution in [0.5, 0.6) is 0 Å². The summed E-state index contributed by atoms with van der Waals surface area (Å²) in [5, 5.41) is 2.87. The minimum atomic E-state index is -3.51. The van der Waals surface area contributed by atoms with Crippen LogP contribution in [0.1, 0.15) is 58.4 Å². The molecule has 0 spiro atoms. The predicted octanol–water partition coefficient (Wildman–Crippen LogP) is 2.82. The van der Waals surface area contributed by atoms with E-state index in [-0.39, 0.29) is 48.7 Å². The highest BCUT2D eigenvalue weighted by Gasteiger charge is 2.69. The number of carbonyl (C=O) groups is 2. The van der Waals surface area contributed by atoms with Gasteiger partial charge in [0.1, 0.15) is 6.61 Å². The number of sulfonamides is 1. The van der Waals surface area contributed by atoms with Crippen LogP contribution in [0.4, 0.5) is 4.79 Å². The molecule has 0 radical (unpaired) electrons. The van der Waals surface area contributed by atoms with Crippen LogP contribution in [0.25, 0.3) is 0 Å². The summed E-state index contributed by atoms with van der Waals surface area (Å²) < 4.78 is 44.9. The number of amides is 2. The van der Waals surface area contributed by atoms with Gasteiger partial charge in [0, 0.05) is 25.7 Å². The third-order valence-electron chi connectivity index (χ3n) is 10.7. The van der Waals surface area contributed by atoms with E-state index in [1.165, 1.54) is 4.31 Å². The molecule has 224 valence electrons. The highest BCUT2D eigenvalue weighted by molar-refractivity contribution is 7.88. The average Bonchev–Trinajstić information content (AvgIpc) is 3.55. The lowest BCUT2D eigenvalue weighted by Crippen LogP contribution is -2.65. The predicted molar refractivity (Wildman–Crippen MR) is 153 cm³/mol. The SMILES string of the molecule is CC1(C)C2C[C@H]1[C@]1(C)OB([C@@H]3CCCN3C(=O)[C@@H]3CN(S(C)(=O)=O)CC[C@H]3NC(=O)OCc3ccccc3)O[C@@H]1C2. The van der Waals surface area contributed by atoms with Gasteiger partial charge < -0.3 is 24.3 Å². The molecule has 7 rings (SSSR count). The summed E-state index contributed by atoms with van der Waals surface area (Å²) in [6, 6.07) is 8.81. The summed E-state index contributed by atoms with van der Waals surface area (Å²) in [7, 11) is -4.02. The van der Waals surface area contributed by atoms with Crippen molar-refractivity contribution in [2.45, 2.75) is 83.2 Å². The Bertz CT molecular complexity index is 1280. The van der Waals surface area contributed by atoms with Crippen molar-refractivity contribution in [2.75, 3.05) is 25.9 Å². The maximum Gasteiger partial charge on any atom is 0.481 e. The highest BCUT2D eigenvalue weighted by atomic mass is 32.2. The zero-order valence-electron chi connectivity index (χ0n) is 24.5. The number of alkyl carbamates (subject to hydrolysis) is 1. The largest absolute Gasteiger partial charge is 0.481 e. The number of benzene rings is 1. The molecule has 2 amide bonds. The van der Waals surface area contributed by atoms with Crippen LogP contribution in [0, 0.1) is 23.2 Å². The first-order chi connectivity index (χ1) is 19.4. The second kappa shape index (κ2) is 10.5. The lowest BCUT2D eigenvalue weighted by molar-refractivity contribution is -0.199. The van der Waals surface area contributed by atoms with Gasteiger partial charge >= 0.3 is 13.2 Å². The van der Waals surface area contributed by atoms with E-state index < -0.39 is 35.2 Å². The van der Waals surface area contributed by atoms with E-state index in [4.69, 9.17) is 14.0 Å². The fourth-order valence-electron chi connectivity index (χ4n) is 8.19. The molecule has 3 aliphatic carbocycles. The van der Waals surface area contributed by atoms with E-state index in [2.05, 4.69) is 26.1 Å². The van der Waals surface area contributed by atoms with Gasteiger partial charge in [-0.15, -0.1) is 0 Å². The van der Waals surface area contributed by atoms with Crippen molar-refractivity contribution in [1.29, 1.82) is 0 Å². The van der Waals surface area contributed by atoms with E-state index in [9.17, 15) is 18.0 Å². The molecule has 3 heterocycles. The van der Waals surface area contributed by atoms with E-state index in [0.717, 1.165) is 37.5 Å². The van der Waals surface area contributed by atoms with E-state index >= 15 is 0 Å². The highest BCUT2D eigenvalue weighted by Crippen LogP contribution is 2.66. The molecule has 2 bridgehead atoms. The van der Waals surface area contributed by atoms with Gasteiger partial charge in [0.05, 0.1) is 29.8 Å². The molecule has 3 saturated carbocycles. The number of likely N-dealkylation sites (tertiary alicyclic amines) is 1. The number of nitrogens with zero attached hydrogens (tertiary/aromatic N) is 2. The monoisotopic (exact) mass is 587 g/mol. The summed E-state index contributed by atoms with van der Waals surface area (Å²) in [6.45, 7) is 7.71. The second-order valence-corrected chi connectivity index (χ2v) is 15.4. The van der Waals surface area contributed by atoms with Crippen LogP contribution in [0.3, 0.4) is 0 Å². The molecule has 3 saturated heterocycles. The Hall–Kier alpha value is -2.15. The fourth-order valence-corrected chi connectivity index (χ4v) is 9.06. The summed E-state index contributed by atoms with van der Waals surface area (Å²) in [5.41, 5.74) is 0.707. The normalized spacial score (nSPS) is 36.4. The molecule has 10 nitrogen and oxygen atoms in total. The number of nitrogens with one attached hydrogen (secondary N) is 1. The van der Waals surface area contributed by atoms with Gasteiger partial charge in [-0.1, -0.05) is 44.2 Å². The van der Waals surface area contributed by atoms with Gasteiger partial charge in [-0.05, 0) is 61.8 Å². The van der Waals surface area contributed by atoms with Gasteiger partial charge in [0.15, 0.2) is 0 Å². The average molecular weight is 588 g/mol. The van der Waals surface area contributed by atoms with E-state index in [0.29, 0.717) is 24.8 Å². The first kappa shape index (κ1) is 29.0. The number of ether oxygens (including phenoxy) is 1. The van der Waals surface area contributed by atoms with Crippen LogP contribution in [0.15, 0.2) is 30.3 Å². The van der Waals surface area contributed by atoms with Gasteiger partial charge in [0.25, 0.3) is 0 Å². The van der Waals surface area contributed by atoms with Gasteiger partial charge in [-0.3, -0.25) is 4.79 Å². The molecule has 1 N–H and O–H groups in total. The van der Waals surface area contributed by atoms with Crippen molar-refractivity contribution in [1.82, 2.24) is 14.5 Å². The molecular weight excluding hydrogens is 545 g/mol. The minimum Gasteiger partial charge on any atom is -0.445 e. The van der Waals surface area contributed by atoms with Crippen LogP contribution >= 0.6 is 0 Å². The first-order valence-corrected chi connectivity index (χ1v) is 16.8. The molecule has 1 unspecified atom stereocenters. The zero-order chi connectivity index (χ0) is 29.2. The van der Waals surface area contributed by atoms with Crippen LogP contribution in [-0.4, -0.2) is 86.3 Å². The van der Waals surface area contributed by atoms with Crippen LogP contribution in [-0.2, 0) is 35.5 Å². The molecule has 6 aliphatic rings. The smallest absolute Gasteiger partial charge is 0.445 e. The quantitative estimate of drug-likeness (QED) is 0.510. The maximum absolute atomic E-state index is 14.2. The molecule has 1 aromatic carbocycles. The number of carbonyl (C=O) groups excluding carboxylic acids is 2. The third-order valence-corrected chi connectivity index (χ3v) is 12.0. The molecule has 6 fully saturated rings. The second-order valence-electron chi connectivity index (χ2n) is 13.4. The van der Waals surface area contributed by atoms with E-state index in [1.54, 1.807) is 0 Å². The van der Waals surface area contributed by atoms with Crippen molar-refractivity contribution in [3.05, 3.63) is 35.9 Å². The first-order valence-electron chi connectivity index (χ1n) is 14.9. The van der Waals surface area contributed by atoms with Gasteiger partial charge in [-0.2, -0.15) is 0 Å². The molecule has 12 heteroatoms. The number of hydrogen-bond donors (Lipinski definition) is 1. The van der Waals surface area contributed by atoms with Crippen LogP contribution in [0.2, 0.25) is 0 Å². The Morgan fingerprint density at radius 2 is 1.88 bits per heavy atom. The summed E-state index contributed by atoms with van der Waals surface area (Å²) in [5.74, 6) is -0.108. The lowest BCUT2D eigenvalue weighted by Gasteiger charge is -2.64. The number of hydrogen-bond acceptors (Lipinski definition) is 7. The molecule has 41 heavy (non-hydrogen) atoms. The molecule has 7 atom stereocenters. The minimum absolute atomic E-state index is 0.00911. The molecular formula is C29H42BN3O7S. The Morgan fingerprint density at radius 1 is 1.12 bits per heavy atom. The Kier molecular flexibility index (Phi) is 7.44. The molecule has 0 aromatic heterocycles. The van der Waals surface area contributed by atoms with Gasteiger partial charge in [-0.25, -0.2) is 17.5 Å². The lowest BCUT2D eigenvalue weighted by atomic mass is 9.43. The van der Waals surface area contributed by atoms with Crippen molar-refractivity contribution in [3.8, 4) is 0 Å². The zero-order valence-corrected chi connectivity index (χ0v) is 25.3. The van der Waals surface area contributed by atoms with Crippen LogP contribution < -0.4 is 5.32 Å². The maximum atomic E-state index is 14.2. The fraction of sp³-hybridized carbons (Fsp3) is 0.724. The third kappa shape index (κ3) is 5.19. The topological polar surface area (TPSA) is 114 Å². The van der Waals surface area contributed by atoms with Gasteiger partial charge in [0.2, 0.25) is 15.9 Å². The number of rotatable bonds is 6. The molecule has 1 aromatic rings. The summed E-state index contributed by atoms with van der Waals surface area (Å²) >= 11 is 0. The summed E-state index contributed by atoms with van der Waals surface area (Å²) in [6.07, 6.45) is 4.58. The standard InChI is InChI=1S/C29H42BN3O7S/c1-28(2)20-15-23(28)29(3)24(16-20)39-30(40-29)25-11-8-13-33(25)26(34)21-17-32(41(4,36)37)14-12-22(21)31-27(35)38-18-19-9-6-5-7-10-19/h5-7,9-10,20-25H,8,11-18H2,1-4H3,(H,31,35)/t20?,21-,22-,23-,24-,25+,29+/m1/s1.